The molecule has 0 aliphatic heterocycles. The number of pyridine rings is 1. The average Bonchev–Trinajstić information content (AvgIpc) is 2.39. The first-order valence-corrected chi connectivity index (χ1v) is 5.76. The maximum Gasteiger partial charge on any atom is 0.161 e. The second-order valence-electron chi connectivity index (χ2n) is 4.03. The highest BCUT2D eigenvalue weighted by Crippen LogP contribution is 2.24. The molecule has 0 saturated heterocycles. The number of nitrogens with zero attached hydrogens (tertiary/aromatic N) is 1. The van der Waals surface area contributed by atoms with E-state index >= 15 is 0 Å². The van der Waals surface area contributed by atoms with E-state index in [-0.39, 0.29) is 5.78 Å². The van der Waals surface area contributed by atoms with Crippen LogP contribution in [0.1, 0.15) is 29.8 Å². The molecule has 17 heavy (non-hydrogen) atoms. The van der Waals surface area contributed by atoms with Crippen LogP contribution in [-0.2, 0) is 6.42 Å². The third-order valence-electron chi connectivity index (χ3n) is 2.85. The fourth-order valence-corrected chi connectivity index (χ4v) is 1.89. The summed E-state index contributed by atoms with van der Waals surface area (Å²) >= 11 is 0. The number of hydrogen-bond acceptors (Lipinski definition) is 2. The summed E-state index contributed by atoms with van der Waals surface area (Å²) in [7, 11) is 0. The van der Waals surface area contributed by atoms with E-state index in [1.165, 1.54) is 5.56 Å². The van der Waals surface area contributed by atoms with Gasteiger partial charge in [0.2, 0.25) is 0 Å². The minimum atomic E-state index is 0.0494. The van der Waals surface area contributed by atoms with Gasteiger partial charge in [0, 0.05) is 23.5 Å². The maximum absolute atomic E-state index is 11.3. The van der Waals surface area contributed by atoms with Crippen LogP contribution in [-0.4, -0.2) is 10.8 Å². The van der Waals surface area contributed by atoms with Crippen molar-refractivity contribution in [2.75, 3.05) is 0 Å². The molecule has 0 spiro atoms. The second kappa shape index (κ2) is 4.91. The predicted octanol–water partition coefficient (Wildman–Crippen LogP) is 3.51. The van der Waals surface area contributed by atoms with Crippen molar-refractivity contribution in [1.82, 2.24) is 4.98 Å². The summed E-state index contributed by atoms with van der Waals surface area (Å²) in [6, 6.07) is 10.1. The van der Waals surface area contributed by atoms with Gasteiger partial charge in [0.05, 0.1) is 0 Å². The Morgan fingerprint density at radius 1 is 1.24 bits per heavy atom. The van der Waals surface area contributed by atoms with Crippen molar-refractivity contribution >= 4 is 5.78 Å². The lowest BCUT2D eigenvalue weighted by molar-refractivity contribution is 0.101. The molecule has 1 aromatic carbocycles. The Labute approximate surface area is 101 Å². The van der Waals surface area contributed by atoms with E-state index in [0.29, 0.717) is 5.56 Å². The number of rotatable bonds is 3. The number of aromatic nitrogens is 1. The summed E-state index contributed by atoms with van der Waals surface area (Å²) in [5.74, 6) is 0.0494. The molecule has 2 aromatic rings. The number of Topliss-reactive ketones (excluding diaryl/α,β-unsaturated/α-hetero) is 1. The highest BCUT2D eigenvalue weighted by Gasteiger charge is 2.06. The zero-order valence-electron chi connectivity index (χ0n) is 10.1. The highest BCUT2D eigenvalue weighted by atomic mass is 16.1. The number of aryl methyl sites for hydroxylation is 1. The molecule has 2 rings (SSSR count). The van der Waals surface area contributed by atoms with E-state index in [1.807, 2.05) is 18.2 Å². The van der Waals surface area contributed by atoms with Gasteiger partial charge in [-0.15, -0.1) is 0 Å². The fourth-order valence-electron chi connectivity index (χ4n) is 1.89. The molecule has 0 saturated carbocycles. The molecule has 2 heteroatoms. The molecule has 0 unspecified atom stereocenters. The van der Waals surface area contributed by atoms with Crippen molar-refractivity contribution < 1.29 is 4.79 Å². The molecule has 1 aromatic heterocycles. The average molecular weight is 225 g/mol. The Balaban J connectivity index is 2.52. The molecule has 2 nitrogen and oxygen atoms in total. The van der Waals surface area contributed by atoms with Gasteiger partial charge in [-0.1, -0.05) is 31.2 Å². The predicted molar refractivity (Wildman–Crippen MR) is 69.1 cm³/mol. The number of carbonyl (C=O) groups is 1. The van der Waals surface area contributed by atoms with Crippen LogP contribution in [0.2, 0.25) is 0 Å². The van der Waals surface area contributed by atoms with E-state index in [4.69, 9.17) is 0 Å². The van der Waals surface area contributed by atoms with Crippen molar-refractivity contribution in [3.8, 4) is 11.1 Å². The Morgan fingerprint density at radius 2 is 2.00 bits per heavy atom. The van der Waals surface area contributed by atoms with Gasteiger partial charge in [-0.2, -0.15) is 0 Å². The fraction of sp³-hybridized carbons (Fsp3) is 0.200. The van der Waals surface area contributed by atoms with Gasteiger partial charge in [-0.05, 0) is 30.5 Å². The summed E-state index contributed by atoms with van der Waals surface area (Å²) in [6.45, 7) is 3.69. The van der Waals surface area contributed by atoms with Crippen molar-refractivity contribution in [2.45, 2.75) is 20.3 Å². The molecule has 0 atom stereocenters. The van der Waals surface area contributed by atoms with Gasteiger partial charge in [0.1, 0.15) is 0 Å². The lowest BCUT2D eigenvalue weighted by Crippen LogP contribution is -1.95. The zero-order valence-corrected chi connectivity index (χ0v) is 10.1. The summed E-state index contributed by atoms with van der Waals surface area (Å²) in [5, 5.41) is 0. The Kier molecular flexibility index (Phi) is 3.33. The summed E-state index contributed by atoms with van der Waals surface area (Å²) in [6.07, 6.45) is 4.39. The molecular formula is C15H15NO. The molecule has 1 heterocycles. The molecule has 86 valence electrons. The lowest BCUT2D eigenvalue weighted by atomic mass is 9.98. The van der Waals surface area contributed by atoms with E-state index in [9.17, 15) is 4.79 Å². The molecule has 0 fully saturated rings. The quantitative estimate of drug-likeness (QED) is 0.748. The highest BCUT2D eigenvalue weighted by molar-refractivity contribution is 5.94. The third-order valence-corrected chi connectivity index (χ3v) is 2.85. The molecule has 0 N–H and O–H groups in total. The summed E-state index contributed by atoms with van der Waals surface area (Å²) < 4.78 is 0. The van der Waals surface area contributed by atoms with Crippen LogP contribution in [0, 0.1) is 0 Å². The number of carbonyl (C=O) groups excluding carboxylic acids is 1. The van der Waals surface area contributed by atoms with Gasteiger partial charge in [-0.3, -0.25) is 9.78 Å². The van der Waals surface area contributed by atoms with Gasteiger partial charge in [0.15, 0.2) is 5.78 Å². The first-order chi connectivity index (χ1) is 8.22. The minimum Gasteiger partial charge on any atom is -0.294 e. The van der Waals surface area contributed by atoms with Crippen molar-refractivity contribution in [3.05, 3.63) is 53.9 Å². The van der Waals surface area contributed by atoms with Gasteiger partial charge in [-0.25, -0.2) is 0 Å². The van der Waals surface area contributed by atoms with Gasteiger partial charge in [0.25, 0.3) is 0 Å². The van der Waals surface area contributed by atoms with Crippen LogP contribution in [0.5, 0.6) is 0 Å². The molecule has 0 bridgehead atoms. The van der Waals surface area contributed by atoms with Crippen molar-refractivity contribution in [2.24, 2.45) is 0 Å². The monoisotopic (exact) mass is 225 g/mol. The SMILES string of the molecule is CCc1ccccc1-c1cncc(C(C)=O)c1. The third kappa shape index (κ3) is 2.41. The van der Waals surface area contributed by atoms with Crippen LogP contribution in [0.3, 0.4) is 0 Å². The van der Waals surface area contributed by atoms with E-state index in [2.05, 4.69) is 24.0 Å². The molecule has 0 amide bonds. The normalized spacial score (nSPS) is 10.2. The summed E-state index contributed by atoms with van der Waals surface area (Å²) in [5.41, 5.74) is 4.10. The van der Waals surface area contributed by atoms with Crippen LogP contribution < -0.4 is 0 Å². The Hall–Kier alpha value is -1.96. The van der Waals surface area contributed by atoms with Crippen LogP contribution >= 0.6 is 0 Å². The Bertz CT molecular complexity index is 546. The molecule has 0 aliphatic carbocycles. The smallest absolute Gasteiger partial charge is 0.161 e. The first-order valence-electron chi connectivity index (χ1n) is 5.76. The maximum atomic E-state index is 11.3. The number of ketones is 1. The summed E-state index contributed by atoms with van der Waals surface area (Å²) in [4.78, 5) is 15.5. The lowest BCUT2D eigenvalue weighted by Gasteiger charge is -2.08. The second-order valence-corrected chi connectivity index (χ2v) is 4.03. The zero-order chi connectivity index (χ0) is 12.3. The molecule has 0 radical (unpaired) electrons. The number of hydrogen-bond donors (Lipinski definition) is 0. The van der Waals surface area contributed by atoms with Gasteiger partial charge >= 0.3 is 0 Å². The van der Waals surface area contributed by atoms with E-state index in [0.717, 1.165) is 17.5 Å². The van der Waals surface area contributed by atoms with Crippen molar-refractivity contribution in [3.63, 3.8) is 0 Å². The van der Waals surface area contributed by atoms with Gasteiger partial charge < -0.3 is 0 Å². The standard InChI is InChI=1S/C15H15NO/c1-3-12-6-4-5-7-15(12)14-8-13(11(2)17)9-16-10-14/h4-10H,3H2,1-2H3. The van der Waals surface area contributed by atoms with Crippen LogP contribution in [0.4, 0.5) is 0 Å². The Morgan fingerprint density at radius 3 is 2.71 bits per heavy atom. The van der Waals surface area contributed by atoms with Crippen molar-refractivity contribution in [1.29, 1.82) is 0 Å². The van der Waals surface area contributed by atoms with Crippen LogP contribution in [0.15, 0.2) is 42.7 Å². The van der Waals surface area contributed by atoms with E-state index < -0.39 is 0 Å². The number of benzene rings is 1. The van der Waals surface area contributed by atoms with Crippen LogP contribution in [0.25, 0.3) is 11.1 Å². The molecular weight excluding hydrogens is 210 g/mol. The topological polar surface area (TPSA) is 30.0 Å². The molecule has 0 aliphatic rings. The first kappa shape index (κ1) is 11.5. The minimum absolute atomic E-state index is 0.0494. The van der Waals surface area contributed by atoms with E-state index in [1.54, 1.807) is 19.3 Å². The largest absolute Gasteiger partial charge is 0.294 e.